The van der Waals surface area contributed by atoms with Gasteiger partial charge < -0.3 is 14.0 Å². The molecule has 1 N–H and O–H groups in total. The van der Waals surface area contributed by atoms with Crippen LogP contribution in [0.5, 0.6) is 0 Å². The molecule has 0 radical (unpaired) electrons. The maximum Gasteiger partial charge on any atom is 0.332 e. The fraction of sp³-hybridized carbons (Fsp3) is 0.706. The largest absolute Gasteiger partial charge is 0.332 e. The predicted octanol–water partition coefficient (Wildman–Crippen LogP) is 2.29. The fourth-order valence-electron chi connectivity index (χ4n) is 2.46. The second-order valence-electron chi connectivity index (χ2n) is 6.23. The van der Waals surface area contributed by atoms with Gasteiger partial charge in [-0.05, 0) is 19.3 Å². The number of fused-ring (bicyclic) bond motifs is 1. The van der Waals surface area contributed by atoms with Crippen molar-refractivity contribution >= 4 is 19.4 Å². The van der Waals surface area contributed by atoms with Crippen molar-refractivity contribution in [1.29, 1.82) is 0 Å². The molecule has 0 spiro atoms. The first-order chi connectivity index (χ1) is 12.9. The minimum atomic E-state index is -2.93. The Labute approximate surface area is 159 Å². The minimum absolute atomic E-state index is 0.124. The van der Waals surface area contributed by atoms with Crippen LogP contribution in [0.25, 0.3) is 11.2 Å². The summed E-state index contributed by atoms with van der Waals surface area (Å²) in [6, 6.07) is 0. The number of aromatic nitrogens is 4. The zero-order valence-electron chi connectivity index (χ0n) is 16.6. The van der Waals surface area contributed by atoms with E-state index in [0.29, 0.717) is 30.6 Å². The average Bonchev–Trinajstić information content (AvgIpc) is 3.06. The second kappa shape index (κ2) is 11.9. The van der Waals surface area contributed by atoms with Gasteiger partial charge in [-0.2, -0.15) is 0 Å². The van der Waals surface area contributed by atoms with E-state index in [1.54, 1.807) is 17.9 Å². The third kappa shape index (κ3) is 6.45. The molecule has 0 saturated carbocycles. The highest BCUT2D eigenvalue weighted by Gasteiger charge is 2.15. The summed E-state index contributed by atoms with van der Waals surface area (Å²) in [5.74, 6) is 0. The Kier molecular flexibility index (Phi) is 10.3. The number of imidazole rings is 1. The predicted molar refractivity (Wildman–Crippen MR) is 107 cm³/mol. The van der Waals surface area contributed by atoms with Crippen LogP contribution >= 0.6 is 8.25 Å². The standard InChI is InChI=1S/C13H21N4O5P.C4H10/c1-3-6-16-9-14-11-10(16)12(18)17(13(19)15(11)2)7-4-5-8-22-23(20)21;1-3-4-2/h9,23H,3-8H2,1-2H3,(H,20,21);3-4H2,1-2H3. The third-order valence-electron chi connectivity index (χ3n) is 4.07. The highest BCUT2D eigenvalue weighted by atomic mass is 31.1. The van der Waals surface area contributed by atoms with E-state index in [1.807, 2.05) is 6.92 Å². The number of hydrogen-bond acceptors (Lipinski definition) is 5. The van der Waals surface area contributed by atoms with Gasteiger partial charge >= 0.3 is 13.9 Å². The zero-order chi connectivity index (χ0) is 20.4. The molecule has 2 heterocycles. The summed E-state index contributed by atoms with van der Waals surface area (Å²) in [5.41, 5.74) is 0.0316. The third-order valence-corrected chi connectivity index (χ3v) is 4.52. The molecule has 0 bridgehead atoms. The van der Waals surface area contributed by atoms with Crippen molar-refractivity contribution in [2.45, 2.75) is 66.0 Å². The van der Waals surface area contributed by atoms with Gasteiger partial charge in [-0.15, -0.1) is 0 Å². The highest BCUT2D eigenvalue weighted by molar-refractivity contribution is 7.32. The molecule has 0 aliphatic carbocycles. The molecule has 2 rings (SSSR count). The topological polar surface area (TPSA) is 108 Å². The molecule has 0 aromatic carbocycles. The smallest absolute Gasteiger partial charge is 0.326 e. The Hall–Kier alpha value is -1.70. The van der Waals surface area contributed by atoms with Gasteiger partial charge in [-0.3, -0.25) is 18.5 Å². The Balaban J connectivity index is 0.000000828. The lowest BCUT2D eigenvalue weighted by molar-refractivity contribution is 0.272. The quantitative estimate of drug-likeness (QED) is 0.509. The average molecular weight is 402 g/mol. The Morgan fingerprint density at radius 2 is 1.78 bits per heavy atom. The molecule has 2 aromatic rings. The van der Waals surface area contributed by atoms with Crippen LogP contribution in [0, 0.1) is 0 Å². The van der Waals surface area contributed by atoms with Crippen molar-refractivity contribution < 1.29 is 14.0 Å². The number of unbranched alkanes of at least 4 members (excludes halogenated alkanes) is 2. The van der Waals surface area contributed by atoms with Gasteiger partial charge in [0.25, 0.3) is 5.56 Å². The van der Waals surface area contributed by atoms with Crippen LogP contribution in [-0.4, -0.2) is 30.2 Å². The van der Waals surface area contributed by atoms with Gasteiger partial charge in [0, 0.05) is 20.1 Å². The van der Waals surface area contributed by atoms with Crippen molar-refractivity contribution in [2.24, 2.45) is 7.05 Å². The molecule has 0 aliphatic rings. The lowest BCUT2D eigenvalue weighted by Gasteiger charge is -2.09. The zero-order valence-corrected chi connectivity index (χ0v) is 17.6. The SMILES string of the molecule is CCCC.CCCn1cnc2c1c(=O)n(CCCCO[PH](=O)O)c(=O)n2C. The van der Waals surface area contributed by atoms with Crippen LogP contribution in [0.2, 0.25) is 0 Å². The van der Waals surface area contributed by atoms with E-state index in [2.05, 4.69) is 23.4 Å². The van der Waals surface area contributed by atoms with Gasteiger partial charge in [0.15, 0.2) is 11.2 Å². The van der Waals surface area contributed by atoms with E-state index >= 15 is 0 Å². The summed E-state index contributed by atoms with van der Waals surface area (Å²) >= 11 is 0. The summed E-state index contributed by atoms with van der Waals surface area (Å²) < 4.78 is 19.3. The van der Waals surface area contributed by atoms with Gasteiger partial charge in [0.1, 0.15) is 0 Å². The lowest BCUT2D eigenvalue weighted by atomic mass is 10.3. The van der Waals surface area contributed by atoms with E-state index in [-0.39, 0.29) is 18.7 Å². The fourth-order valence-corrected chi connectivity index (χ4v) is 2.78. The summed E-state index contributed by atoms with van der Waals surface area (Å²) in [5, 5.41) is 0. The molecule has 1 atom stereocenters. The molecule has 0 amide bonds. The summed E-state index contributed by atoms with van der Waals surface area (Å²) in [7, 11) is -1.34. The first kappa shape index (κ1) is 23.3. The molecule has 1 unspecified atom stereocenters. The van der Waals surface area contributed by atoms with Crippen LogP contribution in [0.1, 0.15) is 52.9 Å². The number of hydrogen-bond donors (Lipinski definition) is 1. The normalized spacial score (nSPS) is 12.0. The summed E-state index contributed by atoms with van der Waals surface area (Å²) in [4.78, 5) is 37.6. The molecule has 0 saturated heterocycles. The van der Waals surface area contributed by atoms with Gasteiger partial charge in [0.2, 0.25) is 0 Å². The van der Waals surface area contributed by atoms with Crippen molar-refractivity contribution in [3.8, 4) is 0 Å². The molecule has 0 fully saturated rings. The Morgan fingerprint density at radius 3 is 2.33 bits per heavy atom. The molecule has 10 heteroatoms. The molecule has 9 nitrogen and oxygen atoms in total. The van der Waals surface area contributed by atoms with Crippen LogP contribution in [0.4, 0.5) is 0 Å². The first-order valence-electron chi connectivity index (χ1n) is 9.39. The summed E-state index contributed by atoms with van der Waals surface area (Å²) in [6.07, 6.45) is 6.05. The number of rotatable bonds is 9. The van der Waals surface area contributed by atoms with E-state index < -0.39 is 13.9 Å². The second-order valence-corrected chi connectivity index (χ2v) is 7.05. The maximum atomic E-state index is 12.6. The maximum absolute atomic E-state index is 12.6. The van der Waals surface area contributed by atoms with Gasteiger partial charge in [0.05, 0.1) is 12.9 Å². The van der Waals surface area contributed by atoms with Crippen molar-refractivity contribution in [3.63, 3.8) is 0 Å². The van der Waals surface area contributed by atoms with E-state index in [0.717, 1.165) is 6.42 Å². The molecule has 2 aromatic heterocycles. The molecule has 154 valence electrons. The number of aryl methyl sites for hydroxylation is 2. The van der Waals surface area contributed by atoms with Crippen LogP contribution < -0.4 is 11.2 Å². The summed E-state index contributed by atoms with van der Waals surface area (Å²) in [6.45, 7) is 7.37. The minimum Gasteiger partial charge on any atom is -0.326 e. The molecular formula is C17H31N4O5P. The Bertz CT molecular complexity index is 853. The van der Waals surface area contributed by atoms with Gasteiger partial charge in [-0.25, -0.2) is 9.78 Å². The first-order valence-corrected chi connectivity index (χ1v) is 10.7. The van der Waals surface area contributed by atoms with Crippen molar-refractivity contribution in [2.75, 3.05) is 6.61 Å². The Morgan fingerprint density at radius 1 is 1.11 bits per heavy atom. The highest BCUT2D eigenvalue weighted by Crippen LogP contribution is 2.14. The monoisotopic (exact) mass is 402 g/mol. The molecule has 27 heavy (non-hydrogen) atoms. The van der Waals surface area contributed by atoms with E-state index in [1.165, 1.54) is 22.0 Å². The van der Waals surface area contributed by atoms with Crippen molar-refractivity contribution in [3.05, 3.63) is 27.2 Å². The lowest BCUT2D eigenvalue weighted by Crippen LogP contribution is -2.39. The molecular weight excluding hydrogens is 371 g/mol. The van der Waals surface area contributed by atoms with Crippen molar-refractivity contribution in [1.82, 2.24) is 18.7 Å². The van der Waals surface area contributed by atoms with Crippen LogP contribution in [-0.2, 0) is 29.2 Å². The molecule has 0 aliphatic heterocycles. The van der Waals surface area contributed by atoms with Crippen LogP contribution in [0.15, 0.2) is 15.9 Å². The van der Waals surface area contributed by atoms with E-state index in [9.17, 15) is 14.2 Å². The van der Waals surface area contributed by atoms with Gasteiger partial charge in [-0.1, -0.05) is 33.6 Å². The van der Waals surface area contributed by atoms with Crippen LogP contribution in [0.3, 0.4) is 0 Å². The van der Waals surface area contributed by atoms with E-state index in [4.69, 9.17) is 4.89 Å². The number of nitrogens with zero attached hydrogens (tertiary/aromatic N) is 4.